The van der Waals surface area contributed by atoms with Gasteiger partial charge in [0.1, 0.15) is 5.75 Å². The zero-order valence-corrected chi connectivity index (χ0v) is 19.8. The number of nitrogens with zero attached hydrogens (tertiary/aromatic N) is 5. The zero-order chi connectivity index (χ0) is 19.8. The van der Waals surface area contributed by atoms with Crippen LogP contribution >= 0.6 is 24.0 Å². The van der Waals surface area contributed by atoms with Crippen LogP contribution in [0, 0.1) is 6.92 Å². The Morgan fingerprint density at radius 3 is 2.48 bits per heavy atom. The maximum Gasteiger partial charge on any atom is 0.225 e. The van der Waals surface area contributed by atoms with Gasteiger partial charge in [-0.1, -0.05) is 12.1 Å². The number of hydrogen-bond donors (Lipinski definition) is 1. The van der Waals surface area contributed by atoms with Gasteiger partial charge >= 0.3 is 0 Å². The number of halogens is 1. The molecular weight excluding hydrogens is 479 g/mol. The topological polar surface area (TPSA) is 65.9 Å². The second-order valence-corrected chi connectivity index (χ2v) is 6.73. The fourth-order valence-corrected chi connectivity index (χ4v) is 3.29. The van der Waals surface area contributed by atoms with Crippen molar-refractivity contribution in [3.05, 3.63) is 47.8 Å². The van der Waals surface area contributed by atoms with Crippen molar-refractivity contribution in [1.29, 1.82) is 0 Å². The standard InChI is InChI=1S/C21H30N6O.HI/c1-4-22-20(25-16-18-7-8-19(28-5-2)17(3)15-18)26-11-13-27(14-12-26)21-23-9-6-10-24-21;/h6-10,15H,4-5,11-14,16H2,1-3H3,(H,22,25);1H. The first-order valence-corrected chi connectivity index (χ1v) is 9.98. The maximum absolute atomic E-state index is 5.63. The average molecular weight is 510 g/mol. The van der Waals surface area contributed by atoms with E-state index in [1.165, 1.54) is 5.56 Å². The Hall–Kier alpha value is -2.10. The Labute approximate surface area is 190 Å². The van der Waals surface area contributed by atoms with Crippen molar-refractivity contribution in [2.24, 2.45) is 4.99 Å². The molecule has 29 heavy (non-hydrogen) atoms. The molecule has 0 bridgehead atoms. The summed E-state index contributed by atoms with van der Waals surface area (Å²) in [6, 6.07) is 8.13. The van der Waals surface area contributed by atoms with E-state index in [0.29, 0.717) is 13.2 Å². The molecule has 3 rings (SSSR count). The van der Waals surface area contributed by atoms with Crippen LogP contribution in [0.3, 0.4) is 0 Å². The Morgan fingerprint density at radius 1 is 1.14 bits per heavy atom. The Kier molecular flexibility index (Phi) is 9.43. The quantitative estimate of drug-likeness (QED) is 0.366. The highest BCUT2D eigenvalue weighted by molar-refractivity contribution is 14.0. The molecule has 1 saturated heterocycles. The van der Waals surface area contributed by atoms with Gasteiger partial charge in [-0.05, 0) is 44.0 Å². The summed E-state index contributed by atoms with van der Waals surface area (Å²) in [6.07, 6.45) is 3.58. The van der Waals surface area contributed by atoms with Crippen LogP contribution < -0.4 is 15.0 Å². The summed E-state index contributed by atoms with van der Waals surface area (Å²) in [7, 11) is 0. The third-order valence-corrected chi connectivity index (χ3v) is 4.70. The average Bonchev–Trinajstić information content (AvgIpc) is 2.74. The van der Waals surface area contributed by atoms with Gasteiger partial charge in [-0.3, -0.25) is 0 Å². The summed E-state index contributed by atoms with van der Waals surface area (Å²) in [5, 5.41) is 3.42. The molecule has 0 saturated carbocycles. The number of piperazine rings is 1. The molecule has 0 atom stereocenters. The van der Waals surface area contributed by atoms with Crippen molar-refractivity contribution in [3.8, 4) is 5.75 Å². The first kappa shape index (κ1) is 23.2. The van der Waals surface area contributed by atoms with Crippen LogP contribution in [0.4, 0.5) is 5.95 Å². The highest BCUT2D eigenvalue weighted by atomic mass is 127. The Balaban J connectivity index is 0.00000300. The zero-order valence-electron chi connectivity index (χ0n) is 17.5. The number of hydrogen-bond acceptors (Lipinski definition) is 5. The van der Waals surface area contributed by atoms with Gasteiger partial charge in [-0.2, -0.15) is 0 Å². The van der Waals surface area contributed by atoms with Gasteiger partial charge < -0.3 is 19.9 Å². The van der Waals surface area contributed by atoms with E-state index in [1.54, 1.807) is 12.4 Å². The molecule has 7 nitrogen and oxygen atoms in total. The van der Waals surface area contributed by atoms with E-state index >= 15 is 0 Å². The number of aromatic nitrogens is 2. The van der Waals surface area contributed by atoms with Crippen molar-refractivity contribution in [2.75, 3.05) is 44.2 Å². The van der Waals surface area contributed by atoms with Crippen molar-refractivity contribution < 1.29 is 4.74 Å². The molecule has 1 aliphatic rings. The number of rotatable bonds is 6. The van der Waals surface area contributed by atoms with Gasteiger partial charge in [-0.25, -0.2) is 15.0 Å². The van der Waals surface area contributed by atoms with Gasteiger partial charge in [0.05, 0.1) is 13.2 Å². The first-order chi connectivity index (χ1) is 13.7. The van der Waals surface area contributed by atoms with E-state index in [2.05, 4.69) is 51.1 Å². The van der Waals surface area contributed by atoms with Gasteiger partial charge in [-0.15, -0.1) is 24.0 Å². The fourth-order valence-electron chi connectivity index (χ4n) is 3.29. The molecule has 1 fully saturated rings. The summed E-state index contributed by atoms with van der Waals surface area (Å²) in [5.41, 5.74) is 2.34. The molecule has 2 aromatic rings. The molecule has 2 heterocycles. The fraction of sp³-hybridized carbons (Fsp3) is 0.476. The van der Waals surface area contributed by atoms with Crippen molar-refractivity contribution >= 4 is 35.9 Å². The van der Waals surface area contributed by atoms with Crippen molar-refractivity contribution in [2.45, 2.75) is 27.3 Å². The normalized spacial score (nSPS) is 14.4. The lowest BCUT2D eigenvalue weighted by molar-refractivity contribution is 0.338. The van der Waals surface area contributed by atoms with Crippen LogP contribution in [0.15, 0.2) is 41.7 Å². The summed E-state index contributed by atoms with van der Waals surface area (Å²) in [5.74, 6) is 2.71. The van der Waals surface area contributed by atoms with Gasteiger partial charge in [0.15, 0.2) is 5.96 Å². The number of aryl methyl sites for hydroxylation is 1. The lowest BCUT2D eigenvalue weighted by Crippen LogP contribution is -2.52. The summed E-state index contributed by atoms with van der Waals surface area (Å²) < 4.78 is 5.63. The van der Waals surface area contributed by atoms with Crippen LogP contribution in [0.2, 0.25) is 0 Å². The van der Waals surface area contributed by atoms with E-state index in [1.807, 2.05) is 19.1 Å². The number of aliphatic imine (C=N–C) groups is 1. The van der Waals surface area contributed by atoms with Gasteiger partial charge in [0, 0.05) is 45.1 Å². The molecule has 1 aromatic carbocycles. The van der Waals surface area contributed by atoms with Crippen LogP contribution in [-0.4, -0.2) is 60.2 Å². The van der Waals surface area contributed by atoms with E-state index < -0.39 is 0 Å². The molecule has 1 aromatic heterocycles. The predicted octanol–water partition coefficient (Wildman–Crippen LogP) is 3.09. The minimum absolute atomic E-state index is 0. The number of anilines is 1. The number of nitrogens with one attached hydrogen (secondary N) is 1. The number of ether oxygens (including phenoxy) is 1. The summed E-state index contributed by atoms with van der Waals surface area (Å²) >= 11 is 0. The van der Waals surface area contributed by atoms with E-state index in [9.17, 15) is 0 Å². The first-order valence-electron chi connectivity index (χ1n) is 9.98. The monoisotopic (exact) mass is 510 g/mol. The smallest absolute Gasteiger partial charge is 0.225 e. The van der Waals surface area contributed by atoms with Crippen LogP contribution in [0.25, 0.3) is 0 Å². The lowest BCUT2D eigenvalue weighted by atomic mass is 10.1. The summed E-state index contributed by atoms with van der Waals surface area (Å²) in [4.78, 5) is 18.1. The third-order valence-electron chi connectivity index (χ3n) is 4.70. The molecule has 0 amide bonds. The number of guanidine groups is 1. The molecule has 0 aliphatic carbocycles. The van der Waals surface area contributed by atoms with Crippen LogP contribution in [0.1, 0.15) is 25.0 Å². The summed E-state index contributed by atoms with van der Waals surface area (Å²) in [6.45, 7) is 11.9. The second-order valence-electron chi connectivity index (χ2n) is 6.73. The van der Waals surface area contributed by atoms with Gasteiger partial charge in [0.2, 0.25) is 5.95 Å². The van der Waals surface area contributed by atoms with E-state index in [-0.39, 0.29) is 24.0 Å². The number of benzene rings is 1. The molecule has 1 N–H and O–H groups in total. The van der Waals surface area contributed by atoms with E-state index in [0.717, 1.165) is 55.9 Å². The molecule has 8 heteroatoms. The second kappa shape index (κ2) is 11.8. The molecule has 0 radical (unpaired) electrons. The predicted molar refractivity (Wildman–Crippen MR) is 128 cm³/mol. The third kappa shape index (κ3) is 6.45. The maximum atomic E-state index is 5.63. The molecule has 1 aliphatic heterocycles. The minimum Gasteiger partial charge on any atom is -0.494 e. The molecule has 158 valence electrons. The van der Waals surface area contributed by atoms with Crippen LogP contribution in [0.5, 0.6) is 5.75 Å². The lowest BCUT2D eigenvalue weighted by Gasteiger charge is -2.36. The Bertz CT molecular complexity index is 778. The molecule has 0 spiro atoms. The molecular formula is C21H31IN6O. The highest BCUT2D eigenvalue weighted by Gasteiger charge is 2.21. The molecule has 0 unspecified atom stereocenters. The Morgan fingerprint density at radius 2 is 1.86 bits per heavy atom. The van der Waals surface area contributed by atoms with Crippen LogP contribution in [-0.2, 0) is 6.54 Å². The highest BCUT2D eigenvalue weighted by Crippen LogP contribution is 2.19. The largest absolute Gasteiger partial charge is 0.494 e. The van der Waals surface area contributed by atoms with E-state index in [4.69, 9.17) is 9.73 Å². The van der Waals surface area contributed by atoms with Gasteiger partial charge in [0.25, 0.3) is 0 Å². The van der Waals surface area contributed by atoms with Crippen molar-refractivity contribution in [1.82, 2.24) is 20.2 Å². The van der Waals surface area contributed by atoms with Crippen molar-refractivity contribution in [3.63, 3.8) is 0 Å². The SMILES string of the molecule is CCNC(=NCc1ccc(OCC)c(C)c1)N1CCN(c2ncccn2)CC1.I. The minimum atomic E-state index is 0.